The summed E-state index contributed by atoms with van der Waals surface area (Å²) >= 11 is 3.27. The van der Waals surface area contributed by atoms with Crippen molar-refractivity contribution in [3.8, 4) is 0 Å². The molecule has 4 aromatic rings. The van der Waals surface area contributed by atoms with E-state index in [1.54, 1.807) is 49.9 Å². The van der Waals surface area contributed by atoms with Crippen molar-refractivity contribution in [1.29, 1.82) is 0 Å². The second-order valence-corrected chi connectivity index (χ2v) is 17.2. The van der Waals surface area contributed by atoms with Gasteiger partial charge in [-0.1, -0.05) is 97.1 Å². The Morgan fingerprint density at radius 2 is 0.982 bits per heavy atom. The molecule has 0 spiro atoms. The summed E-state index contributed by atoms with van der Waals surface area (Å²) in [5.74, 6) is 1.73. The Kier molecular flexibility index (Phi) is 13.0. The molecule has 2 fully saturated rings. The minimum Gasteiger partial charge on any atom is -0.381 e. The number of fused-ring (bicyclic) bond motifs is 2. The van der Waals surface area contributed by atoms with E-state index >= 15 is 0 Å². The van der Waals surface area contributed by atoms with Crippen LogP contribution in [0.1, 0.15) is 83.2 Å². The monoisotopic (exact) mass is 794 g/mol. The molecular formula is C46H48F2N2O4S2. The van der Waals surface area contributed by atoms with Gasteiger partial charge in [-0.05, 0) is 50.7 Å². The summed E-state index contributed by atoms with van der Waals surface area (Å²) in [6, 6.07) is 32.5. The van der Waals surface area contributed by atoms with Gasteiger partial charge in [0.25, 0.3) is 0 Å². The van der Waals surface area contributed by atoms with Crippen LogP contribution in [0.2, 0.25) is 0 Å². The third-order valence-electron chi connectivity index (χ3n) is 11.9. The number of ether oxygens (including phenoxy) is 2. The van der Waals surface area contributed by atoms with E-state index in [-0.39, 0.29) is 60.1 Å². The van der Waals surface area contributed by atoms with Gasteiger partial charge in [0.15, 0.2) is 11.6 Å². The number of carbonyl (C=O) groups is 2. The van der Waals surface area contributed by atoms with Crippen molar-refractivity contribution in [3.05, 3.63) is 143 Å². The molecule has 0 bridgehead atoms. The highest BCUT2D eigenvalue weighted by molar-refractivity contribution is 8.14. The minimum absolute atomic E-state index is 0.0551. The molecule has 0 saturated heterocycles. The average Bonchev–Trinajstić information content (AvgIpc) is 3.24. The zero-order valence-electron chi connectivity index (χ0n) is 31.9. The van der Waals surface area contributed by atoms with Crippen molar-refractivity contribution in [1.82, 2.24) is 0 Å². The number of aliphatic imine (C=N–C) groups is 2. The molecular weight excluding hydrogens is 747 g/mol. The Labute approximate surface area is 337 Å². The van der Waals surface area contributed by atoms with Gasteiger partial charge in [-0.3, -0.25) is 19.6 Å². The molecule has 4 aliphatic rings. The van der Waals surface area contributed by atoms with Crippen LogP contribution in [0.3, 0.4) is 0 Å². The maximum atomic E-state index is 14.8. The molecule has 0 radical (unpaired) electrons. The fourth-order valence-corrected chi connectivity index (χ4v) is 11.4. The van der Waals surface area contributed by atoms with Gasteiger partial charge in [-0.25, -0.2) is 8.78 Å². The highest BCUT2D eigenvalue weighted by Crippen LogP contribution is 2.52. The van der Waals surface area contributed by atoms with E-state index in [1.165, 1.54) is 12.1 Å². The maximum absolute atomic E-state index is 14.8. The van der Waals surface area contributed by atoms with Crippen LogP contribution in [0.5, 0.6) is 0 Å². The number of hydrogen-bond donors (Lipinski definition) is 0. The lowest BCUT2D eigenvalue weighted by atomic mass is 9.68. The first kappa shape index (κ1) is 40.2. The quantitative estimate of drug-likeness (QED) is 0.149. The maximum Gasteiger partial charge on any atom is 0.169 e. The first-order valence-corrected chi connectivity index (χ1v) is 21.4. The number of carbonyl (C=O) groups excluding carboxylic acids is 2. The van der Waals surface area contributed by atoms with Crippen molar-refractivity contribution in [2.45, 2.75) is 74.7 Å². The number of Topliss-reactive ketones (excluding diaryl/α,β-unsaturated/α-hetero) is 2. The Morgan fingerprint density at radius 3 is 1.36 bits per heavy atom. The average molecular weight is 795 g/mol. The molecule has 2 heterocycles. The lowest BCUT2D eigenvalue weighted by Gasteiger charge is -2.46. The Hall–Kier alpha value is -3.96. The summed E-state index contributed by atoms with van der Waals surface area (Å²) in [7, 11) is 3.48. The first-order chi connectivity index (χ1) is 27.2. The van der Waals surface area contributed by atoms with Gasteiger partial charge in [0.2, 0.25) is 0 Å². The van der Waals surface area contributed by atoms with Gasteiger partial charge in [0.1, 0.15) is 11.6 Å². The van der Waals surface area contributed by atoms with E-state index in [0.29, 0.717) is 22.3 Å². The molecule has 2 aliphatic heterocycles. The molecule has 2 saturated carbocycles. The van der Waals surface area contributed by atoms with E-state index in [0.717, 1.165) is 60.1 Å². The van der Waals surface area contributed by atoms with E-state index < -0.39 is 11.1 Å². The van der Waals surface area contributed by atoms with Gasteiger partial charge >= 0.3 is 0 Å². The third-order valence-corrected chi connectivity index (χ3v) is 14.1. The van der Waals surface area contributed by atoms with Crippen molar-refractivity contribution in [3.63, 3.8) is 0 Å². The summed E-state index contributed by atoms with van der Waals surface area (Å²) < 4.78 is 40.8. The van der Waals surface area contributed by atoms with Gasteiger partial charge < -0.3 is 9.47 Å². The van der Waals surface area contributed by atoms with Crippen LogP contribution >= 0.6 is 23.5 Å². The minimum atomic E-state index is -0.599. The number of thioether (sulfide) groups is 2. The van der Waals surface area contributed by atoms with E-state index in [2.05, 4.69) is 0 Å². The highest BCUT2D eigenvalue weighted by Gasteiger charge is 2.50. The highest BCUT2D eigenvalue weighted by atomic mass is 32.2. The van der Waals surface area contributed by atoms with Crippen LogP contribution in [0.25, 0.3) is 0 Å². The topological polar surface area (TPSA) is 77.3 Å². The first-order valence-electron chi connectivity index (χ1n) is 19.4. The second-order valence-electron chi connectivity index (χ2n) is 15.0. The number of methoxy groups -OCH3 is 2. The van der Waals surface area contributed by atoms with Crippen LogP contribution in [0.15, 0.2) is 119 Å². The molecule has 4 aromatic carbocycles. The molecule has 292 valence electrons. The lowest BCUT2D eigenvalue weighted by Crippen LogP contribution is -2.45. The molecule has 6 nitrogen and oxygen atoms in total. The Morgan fingerprint density at radius 1 is 0.607 bits per heavy atom. The van der Waals surface area contributed by atoms with E-state index in [4.69, 9.17) is 19.5 Å². The van der Waals surface area contributed by atoms with Crippen LogP contribution in [-0.4, -0.2) is 59.6 Å². The normalized spacial score (nSPS) is 27.0. The van der Waals surface area contributed by atoms with Crippen LogP contribution in [0, 0.1) is 23.5 Å². The molecule has 56 heavy (non-hydrogen) atoms. The van der Waals surface area contributed by atoms with Crippen LogP contribution in [-0.2, 0) is 20.6 Å². The third kappa shape index (κ3) is 8.64. The molecule has 0 aromatic heterocycles. The smallest absolute Gasteiger partial charge is 0.169 e. The molecule has 0 unspecified atom stereocenters. The fourth-order valence-electron chi connectivity index (χ4n) is 8.83. The standard InChI is InChI=1S/2C23H24FNO2S/c2*1-27-18-11-12-23(19-9-5-6-10-20(19)24)17(13-18)15-28-22(25-23)14-21(26)16-7-3-2-4-8-16/h2*2-10,17-18H,11-15H2,1H3/t17-,18+,23-;17-,18-,23-/m00/s1. The number of nitrogens with zero attached hydrogens (tertiary/aromatic N) is 2. The van der Waals surface area contributed by atoms with Crippen molar-refractivity contribution < 1.29 is 27.8 Å². The zero-order chi connectivity index (χ0) is 39.1. The Bertz CT molecular complexity index is 1920. The van der Waals surface area contributed by atoms with Gasteiger partial charge in [0, 0.05) is 59.8 Å². The van der Waals surface area contributed by atoms with E-state index in [9.17, 15) is 18.4 Å². The molecule has 10 heteroatoms. The number of halogens is 2. The largest absolute Gasteiger partial charge is 0.381 e. The second kappa shape index (κ2) is 18.1. The van der Waals surface area contributed by atoms with Gasteiger partial charge in [0.05, 0.1) is 46.2 Å². The number of rotatable bonds is 10. The van der Waals surface area contributed by atoms with Gasteiger partial charge in [-0.2, -0.15) is 0 Å². The SMILES string of the molecule is CO[C@@H]1CC[C@]2(c3ccccc3F)N=C(CC(=O)c3ccccc3)SC[C@@H]2C1.CO[C@H]1CC[C@]2(c3ccccc3F)N=C(CC(=O)c3ccccc3)SC[C@@H]2C1. The van der Waals surface area contributed by atoms with Gasteiger partial charge in [-0.15, -0.1) is 23.5 Å². The molecule has 2 aliphatic carbocycles. The van der Waals surface area contributed by atoms with E-state index in [1.807, 2.05) is 84.9 Å². The zero-order valence-corrected chi connectivity index (χ0v) is 33.5. The number of benzene rings is 4. The predicted molar refractivity (Wildman–Crippen MR) is 223 cm³/mol. The number of hydrogen-bond acceptors (Lipinski definition) is 8. The summed E-state index contributed by atoms with van der Waals surface area (Å²) in [4.78, 5) is 35.5. The van der Waals surface area contributed by atoms with Crippen molar-refractivity contribution >= 4 is 45.2 Å². The molecule has 8 rings (SSSR count). The summed E-state index contributed by atoms with van der Waals surface area (Å²) in [6.45, 7) is 0. The molecule has 0 N–H and O–H groups in total. The van der Waals surface area contributed by atoms with Crippen LogP contribution < -0.4 is 0 Å². The summed E-state index contributed by atoms with van der Waals surface area (Å²) in [5, 5.41) is 1.62. The predicted octanol–water partition coefficient (Wildman–Crippen LogP) is 10.5. The fraction of sp³-hybridized carbons (Fsp3) is 0.391. The molecule has 0 amide bonds. The van der Waals surface area contributed by atoms with Crippen molar-refractivity contribution in [2.24, 2.45) is 21.8 Å². The van der Waals surface area contributed by atoms with Crippen LogP contribution in [0.4, 0.5) is 8.78 Å². The Balaban J connectivity index is 0.000000172. The van der Waals surface area contributed by atoms with Crippen molar-refractivity contribution in [2.75, 3.05) is 25.7 Å². The lowest BCUT2D eigenvalue weighted by molar-refractivity contribution is 0.0229. The molecule has 6 atom stereocenters. The summed E-state index contributed by atoms with van der Waals surface area (Å²) in [6.07, 6.45) is 5.80. The summed E-state index contributed by atoms with van der Waals surface area (Å²) in [5.41, 5.74) is 1.49. The number of ketones is 2.